The fraction of sp³-hybridized carbons (Fsp3) is 0.944. The summed E-state index contributed by atoms with van der Waals surface area (Å²) in [5, 5.41) is 10.8. The first-order chi connectivity index (χ1) is 9.86. The molecule has 0 radical (unpaired) electrons. The van der Waals surface area contributed by atoms with Gasteiger partial charge in [-0.1, -0.05) is 19.8 Å². The molecular formula is C18H30O3. The lowest BCUT2D eigenvalue weighted by molar-refractivity contribution is -0.163. The second-order valence-corrected chi connectivity index (χ2v) is 8.33. The highest BCUT2D eigenvalue weighted by Crippen LogP contribution is 2.56. The van der Waals surface area contributed by atoms with E-state index in [4.69, 9.17) is 4.74 Å². The highest BCUT2D eigenvalue weighted by Gasteiger charge is 2.55. The predicted molar refractivity (Wildman–Crippen MR) is 81.7 cm³/mol. The van der Waals surface area contributed by atoms with Gasteiger partial charge in [-0.25, -0.2) is 0 Å². The number of ether oxygens (including phenoxy) is 1. The SMILES string of the molecule is CCC(C)(C)C(=O)OC1CC2CC1CC2C1(O)CCCC1. The summed E-state index contributed by atoms with van der Waals surface area (Å²) in [5.41, 5.74) is -0.776. The minimum atomic E-state index is -0.406. The van der Waals surface area contributed by atoms with Crippen LogP contribution in [0.1, 0.15) is 72.1 Å². The number of carbonyl (C=O) groups excluding carboxylic acids is 1. The number of carbonyl (C=O) groups is 1. The largest absolute Gasteiger partial charge is 0.462 e. The van der Waals surface area contributed by atoms with Crippen LogP contribution in [-0.4, -0.2) is 22.8 Å². The van der Waals surface area contributed by atoms with Crippen molar-refractivity contribution in [3.8, 4) is 0 Å². The van der Waals surface area contributed by atoms with E-state index in [1.807, 2.05) is 20.8 Å². The lowest BCUT2D eigenvalue weighted by Crippen LogP contribution is -2.41. The molecule has 0 amide bonds. The Bertz CT molecular complexity index is 409. The van der Waals surface area contributed by atoms with Crippen molar-refractivity contribution in [1.82, 2.24) is 0 Å². The Balaban J connectivity index is 1.59. The molecule has 0 spiro atoms. The van der Waals surface area contributed by atoms with Crippen molar-refractivity contribution in [3.05, 3.63) is 0 Å². The Morgan fingerprint density at radius 2 is 1.86 bits per heavy atom. The van der Waals surface area contributed by atoms with Gasteiger partial charge in [-0.2, -0.15) is 0 Å². The smallest absolute Gasteiger partial charge is 0.311 e. The van der Waals surface area contributed by atoms with Gasteiger partial charge in [0.1, 0.15) is 6.10 Å². The molecule has 3 nitrogen and oxygen atoms in total. The highest BCUT2D eigenvalue weighted by atomic mass is 16.5. The molecule has 3 rings (SSSR count). The Morgan fingerprint density at radius 1 is 1.19 bits per heavy atom. The number of rotatable bonds is 4. The summed E-state index contributed by atoms with van der Waals surface area (Å²) in [5.74, 6) is 1.47. The number of aliphatic hydroxyl groups is 1. The summed E-state index contributed by atoms with van der Waals surface area (Å²) in [6.45, 7) is 5.97. The third-order valence-electron chi connectivity index (χ3n) is 6.65. The van der Waals surface area contributed by atoms with Gasteiger partial charge in [0.05, 0.1) is 11.0 Å². The molecule has 3 saturated carbocycles. The van der Waals surface area contributed by atoms with Crippen LogP contribution in [0.3, 0.4) is 0 Å². The molecule has 2 bridgehead atoms. The molecule has 21 heavy (non-hydrogen) atoms. The van der Waals surface area contributed by atoms with Crippen LogP contribution in [0.15, 0.2) is 0 Å². The van der Waals surface area contributed by atoms with E-state index in [1.165, 1.54) is 12.8 Å². The van der Waals surface area contributed by atoms with Gasteiger partial charge in [-0.3, -0.25) is 4.79 Å². The zero-order valence-electron chi connectivity index (χ0n) is 13.7. The zero-order chi connectivity index (χ0) is 15.3. The summed E-state index contributed by atoms with van der Waals surface area (Å²) in [6, 6.07) is 0. The van der Waals surface area contributed by atoms with Crippen LogP contribution in [0.2, 0.25) is 0 Å². The molecule has 3 fully saturated rings. The van der Waals surface area contributed by atoms with Crippen molar-refractivity contribution in [2.75, 3.05) is 0 Å². The molecular weight excluding hydrogens is 264 g/mol. The zero-order valence-corrected chi connectivity index (χ0v) is 13.7. The molecule has 4 atom stereocenters. The summed E-state index contributed by atoms with van der Waals surface area (Å²) in [4.78, 5) is 12.3. The van der Waals surface area contributed by atoms with Crippen LogP contribution in [0.5, 0.6) is 0 Å². The Kier molecular flexibility index (Phi) is 3.84. The maximum atomic E-state index is 12.3. The summed E-state index contributed by atoms with van der Waals surface area (Å²) in [7, 11) is 0. The number of fused-ring (bicyclic) bond motifs is 2. The van der Waals surface area contributed by atoms with E-state index in [0.29, 0.717) is 17.8 Å². The van der Waals surface area contributed by atoms with E-state index in [9.17, 15) is 9.90 Å². The number of hydrogen-bond acceptors (Lipinski definition) is 3. The fourth-order valence-electron chi connectivity index (χ4n) is 4.82. The van der Waals surface area contributed by atoms with Gasteiger partial charge in [-0.05, 0) is 70.1 Å². The molecule has 0 aliphatic heterocycles. The topological polar surface area (TPSA) is 46.5 Å². The minimum absolute atomic E-state index is 0.0429. The lowest BCUT2D eigenvalue weighted by atomic mass is 9.74. The lowest BCUT2D eigenvalue weighted by Gasteiger charge is -2.38. The average Bonchev–Trinajstić information content (AvgIpc) is 3.14. The third-order valence-corrected chi connectivity index (χ3v) is 6.65. The molecule has 0 saturated heterocycles. The Hall–Kier alpha value is -0.570. The van der Waals surface area contributed by atoms with Crippen LogP contribution in [-0.2, 0) is 9.53 Å². The second kappa shape index (κ2) is 5.26. The van der Waals surface area contributed by atoms with Crippen LogP contribution < -0.4 is 0 Å². The Labute approximate surface area is 128 Å². The average molecular weight is 294 g/mol. The fourth-order valence-corrected chi connectivity index (χ4v) is 4.82. The van der Waals surface area contributed by atoms with E-state index in [0.717, 1.165) is 38.5 Å². The minimum Gasteiger partial charge on any atom is -0.462 e. The van der Waals surface area contributed by atoms with Crippen molar-refractivity contribution in [2.24, 2.45) is 23.2 Å². The molecule has 0 aromatic rings. The van der Waals surface area contributed by atoms with Crippen LogP contribution in [0.4, 0.5) is 0 Å². The van der Waals surface area contributed by atoms with Crippen LogP contribution >= 0.6 is 0 Å². The molecule has 0 heterocycles. The van der Waals surface area contributed by atoms with E-state index in [2.05, 4.69) is 0 Å². The van der Waals surface area contributed by atoms with Crippen molar-refractivity contribution < 1.29 is 14.6 Å². The maximum Gasteiger partial charge on any atom is 0.311 e. The molecule has 3 aliphatic carbocycles. The van der Waals surface area contributed by atoms with Crippen LogP contribution in [0, 0.1) is 23.2 Å². The Morgan fingerprint density at radius 3 is 2.38 bits per heavy atom. The standard InChI is InChI=1S/C18H30O3/c1-4-17(2,3)16(19)21-15-11-12-9-13(15)10-14(12)18(20)7-5-6-8-18/h12-15,20H,4-11H2,1-3H3. The predicted octanol–water partition coefficient (Wildman–Crippen LogP) is 3.69. The van der Waals surface area contributed by atoms with E-state index in [1.54, 1.807) is 0 Å². The molecule has 1 N–H and O–H groups in total. The maximum absolute atomic E-state index is 12.3. The van der Waals surface area contributed by atoms with Crippen molar-refractivity contribution in [3.63, 3.8) is 0 Å². The first-order valence-corrected chi connectivity index (χ1v) is 8.79. The van der Waals surface area contributed by atoms with Crippen molar-refractivity contribution >= 4 is 5.97 Å². The summed E-state index contributed by atoms with van der Waals surface area (Å²) >= 11 is 0. The first-order valence-electron chi connectivity index (χ1n) is 8.79. The first kappa shape index (κ1) is 15.3. The molecule has 3 aliphatic rings. The monoisotopic (exact) mass is 294 g/mol. The molecule has 0 aromatic heterocycles. The van der Waals surface area contributed by atoms with Gasteiger partial charge in [0.25, 0.3) is 0 Å². The van der Waals surface area contributed by atoms with E-state index < -0.39 is 5.60 Å². The molecule has 120 valence electrons. The molecule has 3 heteroatoms. The number of esters is 1. The van der Waals surface area contributed by atoms with Gasteiger partial charge < -0.3 is 9.84 Å². The van der Waals surface area contributed by atoms with Gasteiger partial charge >= 0.3 is 5.97 Å². The van der Waals surface area contributed by atoms with Crippen molar-refractivity contribution in [1.29, 1.82) is 0 Å². The van der Waals surface area contributed by atoms with Gasteiger partial charge in [0, 0.05) is 0 Å². The van der Waals surface area contributed by atoms with Gasteiger partial charge in [0.2, 0.25) is 0 Å². The molecule has 0 aromatic carbocycles. The third kappa shape index (κ3) is 2.62. The molecule has 4 unspecified atom stereocenters. The summed E-state index contributed by atoms with van der Waals surface area (Å²) in [6.07, 6.45) is 8.42. The van der Waals surface area contributed by atoms with E-state index >= 15 is 0 Å². The van der Waals surface area contributed by atoms with Crippen molar-refractivity contribution in [2.45, 2.75) is 83.8 Å². The van der Waals surface area contributed by atoms with E-state index in [-0.39, 0.29) is 17.5 Å². The second-order valence-electron chi connectivity index (χ2n) is 8.33. The summed E-state index contributed by atoms with van der Waals surface area (Å²) < 4.78 is 5.82. The highest BCUT2D eigenvalue weighted by molar-refractivity contribution is 5.76. The normalized spacial score (nSPS) is 37.9. The van der Waals surface area contributed by atoms with Gasteiger partial charge in [-0.15, -0.1) is 0 Å². The van der Waals surface area contributed by atoms with Crippen LogP contribution in [0.25, 0.3) is 0 Å². The quantitative estimate of drug-likeness (QED) is 0.804. The van der Waals surface area contributed by atoms with Gasteiger partial charge in [0.15, 0.2) is 0 Å². The number of hydrogen-bond donors (Lipinski definition) is 1.